The van der Waals surface area contributed by atoms with Crippen molar-refractivity contribution in [2.45, 2.75) is 37.5 Å². The molecule has 2 aromatic carbocycles. The van der Waals surface area contributed by atoms with Crippen LogP contribution in [0.5, 0.6) is 0 Å². The van der Waals surface area contributed by atoms with E-state index < -0.39 is 9.84 Å². The number of sulfone groups is 1. The Morgan fingerprint density at radius 1 is 0.667 bits per heavy atom. The summed E-state index contributed by atoms with van der Waals surface area (Å²) in [5, 5.41) is 0. The highest BCUT2D eigenvalue weighted by Gasteiger charge is 2.23. The lowest BCUT2D eigenvalue weighted by Gasteiger charge is -2.13. The van der Waals surface area contributed by atoms with Crippen LogP contribution in [0, 0.1) is 27.7 Å². The van der Waals surface area contributed by atoms with Crippen molar-refractivity contribution >= 4 is 41.7 Å². The Morgan fingerprint density at radius 3 is 1.33 bits per heavy atom. The van der Waals surface area contributed by atoms with Crippen molar-refractivity contribution < 1.29 is 8.42 Å². The lowest BCUT2D eigenvalue weighted by molar-refractivity contribution is 0.594. The summed E-state index contributed by atoms with van der Waals surface area (Å²) in [5.41, 5.74) is 3.30. The Kier molecular flexibility index (Phi) is 4.66. The van der Waals surface area contributed by atoms with E-state index in [-0.39, 0.29) is 0 Å². The smallest absolute Gasteiger partial charge is 0.207 e. The Morgan fingerprint density at radius 2 is 1.00 bits per heavy atom. The van der Waals surface area contributed by atoms with Gasteiger partial charge in [-0.2, -0.15) is 0 Å². The summed E-state index contributed by atoms with van der Waals surface area (Å²) in [4.78, 5) is 0.737. The zero-order valence-electron chi connectivity index (χ0n) is 12.3. The van der Waals surface area contributed by atoms with Gasteiger partial charge in [0, 0.05) is 8.95 Å². The van der Waals surface area contributed by atoms with Crippen molar-refractivity contribution in [3.05, 3.63) is 55.5 Å². The minimum absolute atomic E-state index is 0.369. The molecular formula is C16H16Br2O2S. The molecule has 0 heterocycles. The van der Waals surface area contributed by atoms with E-state index in [2.05, 4.69) is 31.9 Å². The van der Waals surface area contributed by atoms with Crippen LogP contribution in [-0.2, 0) is 9.84 Å². The van der Waals surface area contributed by atoms with E-state index in [4.69, 9.17) is 0 Å². The third-order valence-corrected chi connectivity index (χ3v) is 7.24. The first-order chi connectivity index (χ1) is 9.64. The first-order valence-electron chi connectivity index (χ1n) is 6.43. The number of aryl methyl sites for hydroxylation is 4. The predicted octanol–water partition coefficient (Wildman–Crippen LogP) is 5.28. The zero-order chi connectivity index (χ0) is 15.9. The van der Waals surface area contributed by atoms with Gasteiger partial charge in [-0.25, -0.2) is 8.42 Å². The fourth-order valence-corrected chi connectivity index (χ4v) is 4.99. The van der Waals surface area contributed by atoms with Gasteiger partial charge in [-0.15, -0.1) is 0 Å². The van der Waals surface area contributed by atoms with Gasteiger partial charge in [0.05, 0.1) is 9.79 Å². The Hall–Kier alpha value is -0.650. The van der Waals surface area contributed by atoms with Gasteiger partial charge in [-0.3, -0.25) is 0 Å². The van der Waals surface area contributed by atoms with Gasteiger partial charge >= 0.3 is 0 Å². The van der Waals surface area contributed by atoms with Crippen molar-refractivity contribution in [2.24, 2.45) is 0 Å². The fraction of sp³-hybridized carbons (Fsp3) is 0.250. The highest BCUT2D eigenvalue weighted by Crippen LogP contribution is 2.32. The van der Waals surface area contributed by atoms with Crippen LogP contribution < -0.4 is 0 Å². The third-order valence-electron chi connectivity index (χ3n) is 3.49. The Balaban J connectivity index is 2.74. The minimum atomic E-state index is -3.52. The van der Waals surface area contributed by atoms with Gasteiger partial charge in [0.2, 0.25) is 9.84 Å². The monoisotopic (exact) mass is 430 g/mol. The van der Waals surface area contributed by atoms with E-state index in [1.165, 1.54) is 0 Å². The summed E-state index contributed by atoms with van der Waals surface area (Å²) >= 11 is 6.88. The molecule has 0 spiro atoms. The molecule has 2 rings (SSSR count). The number of hydrogen-bond donors (Lipinski definition) is 0. The molecule has 0 atom stereocenters. The zero-order valence-corrected chi connectivity index (χ0v) is 16.3. The molecule has 2 aromatic rings. The third kappa shape index (κ3) is 3.10. The number of rotatable bonds is 2. The van der Waals surface area contributed by atoms with Gasteiger partial charge in [0.25, 0.3) is 0 Å². The molecule has 0 radical (unpaired) electrons. The minimum Gasteiger partial charge on any atom is -0.218 e. The van der Waals surface area contributed by atoms with Crippen LogP contribution in [0.25, 0.3) is 0 Å². The van der Waals surface area contributed by atoms with E-state index in [0.717, 1.165) is 31.2 Å². The van der Waals surface area contributed by atoms with Crippen LogP contribution in [-0.4, -0.2) is 8.42 Å². The predicted molar refractivity (Wildman–Crippen MR) is 92.7 cm³/mol. The normalized spacial score (nSPS) is 11.7. The number of halogens is 2. The number of hydrogen-bond acceptors (Lipinski definition) is 2. The maximum absolute atomic E-state index is 13.0. The second kappa shape index (κ2) is 5.86. The van der Waals surface area contributed by atoms with E-state index in [1.54, 1.807) is 12.1 Å². The molecule has 21 heavy (non-hydrogen) atoms. The molecule has 0 aliphatic heterocycles. The topological polar surface area (TPSA) is 34.1 Å². The summed E-state index contributed by atoms with van der Waals surface area (Å²) < 4.78 is 27.8. The molecule has 112 valence electrons. The molecule has 0 fully saturated rings. The fourth-order valence-electron chi connectivity index (χ4n) is 2.21. The lowest BCUT2D eigenvalue weighted by Crippen LogP contribution is -2.07. The van der Waals surface area contributed by atoms with E-state index in [0.29, 0.717) is 9.79 Å². The van der Waals surface area contributed by atoms with Gasteiger partial charge in [0.1, 0.15) is 0 Å². The molecule has 0 aromatic heterocycles. The van der Waals surface area contributed by atoms with Crippen molar-refractivity contribution in [2.75, 3.05) is 0 Å². The molecule has 2 nitrogen and oxygen atoms in total. The van der Waals surface area contributed by atoms with Crippen LogP contribution in [0.4, 0.5) is 0 Å². The van der Waals surface area contributed by atoms with E-state index in [9.17, 15) is 8.42 Å². The first-order valence-corrected chi connectivity index (χ1v) is 9.50. The average Bonchev–Trinajstić information content (AvgIpc) is 2.37. The molecule has 0 bridgehead atoms. The highest BCUT2D eigenvalue weighted by atomic mass is 79.9. The molecule has 0 N–H and O–H groups in total. The molecule has 0 saturated carbocycles. The second-order valence-corrected chi connectivity index (χ2v) is 8.83. The molecule has 5 heteroatoms. The summed E-state index contributed by atoms with van der Waals surface area (Å²) in [6.45, 7) is 7.42. The Labute approximate surface area is 142 Å². The lowest BCUT2D eigenvalue weighted by atomic mass is 10.2. The summed E-state index contributed by atoms with van der Waals surface area (Å²) in [6, 6.07) is 7.16. The van der Waals surface area contributed by atoms with Crippen molar-refractivity contribution in [1.82, 2.24) is 0 Å². The second-order valence-electron chi connectivity index (χ2n) is 5.24. The first kappa shape index (κ1) is 16.7. The maximum Gasteiger partial charge on any atom is 0.207 e. The van der Waals surface area contributed by atoms with Gasteiger partial charge in [-0.1, -0.05) is 31.9 Å². The van der Waals surface area contributed by atoms with Crippen molar-refractivity contribution in [3.63, 3.8) is 0 Å². The SMILES string of the molecule is Cc1cc(S(=O)(=O)c2cc(C)c(Br)cc2C)c(C)cc1Br. The average molecular weight is 432 g/mol. The largest absolute Gasteiger partial charge is 0.218 e. The van der Waals surface area contributed by atoms with Gasteiger partial charge in [0.15, 0.2) is 0 Å². The molecule has 0 aliphatic carbocycles. The molecule has 0 unspecified atom stereocenters. The van der Waals surface area contributed by atoms with Crippen LogP contribution in [0.3, 0.4) is 0 Å². The highest BCUT2D eigenvalue weighted by molar-refractivity contribution is 9.10. The number of benzene rings is 2. The van der Waals surface area contributed by atoms with Crippen LogP contribution >= 0.6 is 31.9 Å². The molecule has 0 amide bonds. The van der Waals surface area contributed by atoms with Crippen molar-refractivity contribution in [1.29, 1.82) is 0 Å². The van der Waals surface area contributed by atoms with Crippen molar-refractivity contribution in [3.8, 4) is 0 Å². The molecule has 0 aliphatic rings. The van der Waals surface area contributed by atoms with Crippen LogP contribution in [0.15, 0.2) is 43.0 Å². The maximum atomic E-state index is 13.0. The van der Waals surface area contributed by atoms with Gasteiger partial charge < -0.3 is 0 Å². The van der Waals surface area contributed by atoms with Crippen LogP contribution in [0.1, 0.15) is 22.3 Å². The molecular weight excluding hydrogens is 416 g/mol. The van der Waals surface area contributed by atoms with Crippen LogP contribution in [0.2, 0.25) is 0 Å². The summed E-state index contributed by atoms with van der Waals surface area (Å²) in [6.07, 6.45) is 0. The summed E-state index contributed by atoms with van der Waals surface area (Å²) in [5.74, 6) is 0. The quantitative estimate of drug-likeness (QED) is 0.648. The van der Waals surface area contributed by atoms with E-state index >= 15 is 0 Å². The van der Waals surface area contributed by atoms with E-state index in [1.807, 2.05) is 39.8 Å². The molecule has 0 saturated heterocycles. The summed E-state index contributed by atoms with van der Waals surface area (Å²) in [7, 11) is -3.52. The van der Waals surface area contributed by atoms with Gasteiger partial charge in [-0.05, 0) is 74.2 Å². The standard InChI is InChI=1S/C16H16Br2O2S/c1-9-7-15(11(3)5-13(9)17)21(19,20)16-8-10(2)14(18)6-12(16)4/h5-8H,1-4H3. The Bertz CT molecular complexity index is 761.